The van der Waals surface area contributed by atoms with Crippen LogP contribution in [0.25, 0.3) is 0 Å². The molecule has 0 saturated carbocycles. The standard InChI is InChI=1S/C16H18Cl2N2/c1-2-11-4-3-5-13(8-11)16(20-19)10-12-6-7-14(17)15(18)9-12/h3-9,16,20H,2,10,19H2,1H3. The van der Waals surface area contributed by atoms with E-state index in [1.165, 1.54) is 11.1 Å². The summed E-state index contributed by atoms with van der Waals surface area (Å²) in [4.78, 5) is 0. The van der Waals surface area contributed by atoms with Crippen molar-refractivity contribution in [2.75, 3.05) is 0 Å². The minimum atomic E-state index is 0.0544. The quantitative estimate of drug-likeness (QED) is 0.638. The number of aryl methyl sites for hydroxylation is 1. The summed E-state index contributed by atoms with van der Waals surface area (Å²) in [5, 5.41) is 1.14. The highest BCUT2D eigenvalue weighted by Gasteiger charge is 2.12. The molecule has 0 aromatic heterocycles. The maximum absolute atomic E-state index is 6.05. The summed E-state index contributed by atoms with van der Waals surface area (Å²) in [6, 6.07) is 14.2. The van der Waals surface area contributed by atoms with Gasteiger partial charge in [0.05, 0.1) is 10.0 Å². The van der Waals surface area contributed by atoms with Gasteiger partial charge in [-0.25, -0.2) is 0 Å². The third-order valence-electron chi connectivity index (χ3n) is 3.39. The average molecular weight is 309 g/mol. The van der Waals surface area contributed by atoms with Gasteiger partial charge in [-0.1, -0.05) is 60.5 Å². The van der Waals surface area contributed by atoms with Crippen LogP contribution < -0.4 is 11.3 Å². The lowest BCUT2D eigenvalue weighted by Crippen LogP contribution is -2.29. The van der Waals surface area contributed by atoms with E-state index in [1.807, 2.05) is 18.2 Å². The summed E-state index contributed by atoms with van der Waals surface area (Å²) in [6.45, 7) is 2.14. The maximum atomic E-state index is 6.05. The number of hydrogen-bond donors (Lipinski definition) is 2. The minimum Gasteiger partial charge on any atom is -0.271 e. The predicted molar refractivity (Wildman–Crippen MR) is 86.1 cm³/mol. The molecular formula is C16H18Cl2N2. The third-order valence-corrected chi connectivity index (χ3v) is 4.13. The lowest BCUT2D eigenvalue weighted by Gasteiger charge is -2.17. The van der Waals surface area contributed by atoms with Gasteiger partial charge in [0.15, 0.2) is 0 Å². The Balaban J connectivity index is 2.21. The van der Waals surface area contributed by atoms with Gasteiger partial charge in [0.25, 0.3) is 0 Å². The lowest BCUT2D eigenvalue weighted by molar-refractivity contribution is 0.551. The molecule has 2 aromatic carbocycles. The summed E-state index contributed by atoms with van der Waals surface area (Å²) in [6.07, 6.45) is 1.78. The summed E-state index contributed by atoms with van der Waals surface area (Å²) in [5.74, 6) is 5.70. The number of nitrogens with two attached hydrogens (primary N) is 1. The third kappa shape index (κ3) is 3.74. The molecule has 0 aliphatic heterocycles. The molecule has 0 saturated heterocycles. The van der Waals surface area contributed by atoms with Crippen molar-refractivity contribution in [3.05, 3.63) is 69.2 Å². The first-order chi connectivity index (χ1) is 9.63. The molecule has 1 atom stereocenters. The number of hydrazine groups is 1. The Morgan fingerprint density at radius 2 is 1.85 bits per heavy atom. The topological polar surface area (TPSA) is 38.0 Å². The molecule has 1 unspecified atom stereocenters. The van der Waals surface area contributed by atoms with E-state index in [4.69, 9.17) is 29.0 Å². The molecule has 3 N–H and O–H groups in total. The highest BCUT2D eigenvalue weighted by atomic mass is 35.5. The zero-order chi connectivity index (χ0) is 14.5. The van der Waals surface area contributed by atoms with E-state index in [9.17, 15) is 0 Å². The molecule has 0 fully saturated rings. The van der Waals surface area contributed by atoms with E-state index in [1.54, 1.807) is 0 Å². The van der Waals surface area contributed by atoms with Crippen molar-refractivity contribution >= 4 is 23.2 Å². The lowest BCUT2D eigenvalue weighted by atomic mass is 9.97. The number of halogens is 2. The first-order valence-corrected chi connectivity index (χ1v) is 7.38. The number of nitrogens with one attached hydrogen (secondary N) is 1. The van der Waals surface area contributed by atoms with Crippen molar-refractivity contribution in [2.45, 2.75) is 25.8 Å². The Morgan fingerprint density at radius 3 is 2.50 bits per heavy atom. The summed E-state index contributed by atoms with van der Waals surface area (Å²) >= 11 is 12.0. The summed E-state index contributed by atoms with van der Waals surface area (Å²) in [5.41, 5.74) is 6.46. The highest BCUT2D eigenvalue weighted by molar-refractivity contribution is 6.42. The molecule has 0 radical (unpaired) electrons. The Kier molecular flexibility index (Phi) is 5.44. The van der Waals surface area contributed by atoms with Gasteiger partial charge in [0.2, 0.25) is 0 Å². The molecule has 0 spiro atoms. The Bertz CT molecular complexity index is 584. The van der Waals surface area contributed by atoms with Crippen LogP contribution in [0, 0.1) is 0 Å². The molecule has 106 valence electrons. The fraction of sp³-hybridized carbons (Fsp3) is 0.250. The SMILES string of the molecule is CCc1cccc(C(Cc2ccc(Cl)c(Cl)c2)NN)c1. The van der Waals surface area contributed by atoms with Crippen LogP contribution >= 0.6 is 23.2 Å². The Hall–Kier alpha value is -1.06. The van der Waals surface area contributed by atoms with Crippen molar-refractivity contribution in [1.29, 1.82) is 0 Å². The van der Waals surface area contributed by atoms with Crippen molar-refractivity contribution in [2.24, 2.45) is 5.84 Å². The van der Waals surface area contributed by atoms with Crippen LogP contribution in [0.5, 0.6) is 0 Å². The van der Waals surface area contributed by atoms with E-state index >= 15 is 0 Å². The van der Waals surface area contributed by atoms with Crippen LogP contribution in [0.2, 0.25) is 10.0 Å². The second kappa shape index (κ2) is 7.09. The van der Waals surface area contributed by atoms with Crippen molar-refractivity contribution in [1.82, 2.24) is 5.43 Å². The first-order valence-electron chi connectivity index (χ1n) is 6.63. The molecular weight excluding hydrogens is 291 g/mol. The van der Waals surface area contributed by atoms with E-state index in [-0.39, 0.29) is 6.04 Å². The second-order valence-corrected chi connectivity index (χ2v) is 5.58. The summed E-state index contributed by atoms with van der Waals surface area (Å²) in [7, 11) is 0. The fourth-order valence-electron chi connectivity index (χ4n) is 2.21. The van der Waals surface area contributed by atoms with Gasteiger partial charge in [-0.15, -0.1) is 0 Å². The number of benzene rings is 2. The van der Waals surface area contributed by atoms with E-state index in [0.29, 0.717) is 10.0 Å². The maximum Gasteiger partial charge on any atom is 0.0595 e. The van der Waals surface area contributed by atoms with E-state index in [2.05, 4.69) is 36.6 Å². The van der Waals surface area contributed by atoms with Gasteiger partial charge in [-0.05, 0) is 41.7 Å². The molecule has 0 heterocycles. The van der Waals surface area contributed by atoms with Gasteiger partial charge in [-0.3, -0.25) is 11.3 Å². The first kappa shape index (κ1) is 15.3. The van der Waals surface area contributed by atoms with Gasteiger partial charge < -0.3 is 0 Å². The van der Waals surface area contributed by atoms with Gasteiger partial charge >= 0.3 is 0 Å². The van der Waals surface area contributed by atoms with Crippen LogP contribution in [0.15, 0.2) is 42.5 Å². The van der Waals surface area contributed by atoms with Crippen molar-refractivity contribution < 1.29 is 0 Å². The molecule has 4 heteroatoms. The van der Waals surface area contributed by atoms with Gasteiger partial charge in [0, 0.05) is 6.04 Å². The Labute approximate surface area is 129 Å². The van der Waals surface area contributed by atoms with Crippen LogP contribution in [-0.4, -0.2) is 0 Å². The minimum absolute atomic E-state index is 0.0544. The number of rotatable bonds is 5. The molecule has 0 aliphatic carbocycles. The van der Waals surface area contributed by atoms with Crippen molar-refractivity contribution in [3.63, 3.8) is 0 Å². The molecule has 20 heavy (non-hydrogen) atoms. The molecule has 2 aromatic rings. The van der Waals surface area contributed by atoms with Crippen LogP contribution in [0.4, 0.5) is 0 Å². The van der Waals surface area contributed by atoms with E-state index in [0.717, 1.165) is 18.4 Å². The average Bonchev–Trinajstić information content (AvgIpc) is 2.48. The predicted octanol–water partition coefficient (Wildman–Crippen LogP) is 4.30. The molecule has 2 rings (SSSR count). The van der Waals surface area contributed by atoms with E-state index < -0.39 is 0 Å². The smallest absolute Gasteiger partial charge is 0.0595 e. The second-order valence-electron chi connectivity index (χ2n) is 4.77. The monoisotopic (exact) mass is 308 g/mol. The molecule has 0 aliphatic rings. The normalized spacial score (nSPS) is 12.4. The van der Waals surface area contributed by atoms with Gasteiger partial charge in [-0.2, -0.15) is 0 Å². The Morgan fingerprint density at radius 1 is 1.05 bits per heavy atom. The zero-order valence-corrected chi connectivity index (χ0v) is 12.9. The largest absolute Gasteiger partial charge is 0.271 e. The van der Waals surface area contributed by atoms with Gasteiger partial charge in [0.1, 0.15) is 0 Å². The summed E-state index contributed by atoms with van der Waals surface area (Å²) < 4.78 is 0. The zero-order valence-electron chi connectivity index (χ0n) is 11.4. The van der Waals surface area contributed by atoms with Crippen LogP contribution in [0.3, 0.4) is 0 Å². The fourth-order valence-corrected chi connectivity index (χ4v) is 2.53. The molecule has 0 amide bonds. The van der Waals surface area contributed by atoms with Crippen LogP contribution in [-0.2, 0) is 12.8 Å². The molecule has 0 bridgehead atoms. The van der Waals surface area contributed by atoms with Crippen LogP contribution in [0.1, 0.15) is 29.7 Å². The van der Waals surface area contributed by atoms with Crippen molar-refractivity contribution in [3.8, 4) is 0 Å². The molecule has 2 nitrogen and oxygen atoms in total. The number of hydrogen-bond acceptors (Lipinski definition) is 2. The highest BCUT2D eigenvalue weighted by Crippen LogP contribution is 2.25.